The minimum Gasteiger partial charge on any atom is -0.377 e. The number of nitrogens with one attached hydrogen (secondary N) is 2. The highest BCUT2D eigenvalue weighted by Crippen LogP contribution is 2.14. The van der Waals surface area contributed by atoms with Gasteiger partial charge in [-0.25, -0.2) is 0 Å². The monoisotopic (exact) mass is 293 g/mol. The van der Waals surface area contributed by atoms with Crippen molar-refractivity contribution in [3.8, 4) is 0 Å². The highest BCUT2D eigenvalue weighted by molar-refractivity contribution is 7.87. The summed E-state index contributed by atoms with van der Waals surface area (Å²) in [7, 11) is -1.79. The van der Waals surface area contributed by atoms with Crippen molar-refractivity contribution in [3.05, 3.63) is 0 Å². The zero-order valence-electron chi connectivity index (χ0n) is 12.3. The van der Waals surface area contributed by atoms with Crippen LogP contribution in [-0.4, -0.2) is 57.7 Å². The summed E-state index contributed by atoms with van der Waals surface area (Å²) in [4.78, 5) is 0. The van der Waals surface area contributed by atoms with Gasteiger partial charge >= 0.3 is 0 Å². The van der Waals surface area contributed by atoms with Crippen molar-refractivity contribution in [1.82, 2.24) is 14.3 Å². The lowest BCUT2D eigenvalue weighted by Crippen LogP contribution is -2.46. The lowest BCUT2D eigenvalue weighted by atomic mass is 10.2. The Labute approximate surface area is 117 Å². The van der Waals surface area contributed by atoms with Gasteiger partial charge in [0.15, 0.2) is 0 Å². The molecule has 1 saturated heterocycles. The Morgan fingerprint density at radius 2 is 2.11 bits per heavy atom. The van der Waals surface area contributed by atoms with E-state index in [0.29, 0.717) is 19.2 Å². The normalized spacial score (nSPS) is 24.5. The maximum absolute atomic E-state index is 12.1. The predicted octanol–water partition coefficient (Wildman–Crippen LogP) is 0.318. The molecule has 0 amide bonds. The molecule has 0 spiro atoms. The summed E-state index contributed by atoms with van der Waals surface area (Å²) in [6.07, 6.45) is 1.49. The third-order valence-corrected chi connectivity index (χ3v) is 4.89. The van der Waals surface area contributed by atoms with E-state index in [2.05, 4.69) is 23.9 Å². The molecule has 1 aliphatic heterocycles. The van der Waals surface area contributed by atoms with Gasteiger partial charge in [-0.3, -0.25) is 0 Å². The second-order valence-corrected chi connectivity index (χ2v) is 7.19. The second-order valence-electron chi connectivity index (χ2n) is 5.38. The molecule has 0 aromatic rings. The summed E-state index contributed by atoms with van der Waals surface area (Å²) in [6.45, 7) is 7.99. The SMILES string of the molecule is CC(C)NCCCN(C)S(=O)(=O)NC1CCOC1C. The molecular weight excluding hydrogens is 266 g/mol. The molecule has 1 aliphatic rings. The Balaban J connectivity index is 2.34. The van der Waals surface area contributed by atoms with E-state index in [-0.39, 0.29) is 12.1 Å². The number of rotatable bonds is 8. The molecule has 0 saturated carbocycles. The molecule has 2 N–H and O–H groups in total. The topological polar surface area (TPSA) is 70.7 Å². The zero-order chi connectivity index (χ0) is 14.5. The van der Waals surface area contributed by atoms with E-state index in [1.807, 2.05) is 6.92 Å². The molecule has 6 nitrogen and oxygen atoms in total. The Morgan fingerprint density at radius 1 is 1.42 bits per heavy atom. The minimum absolute atomic E-state index is 0.0502. The molecule has 1 rings (SSSR count). The first kappa shape index (κ1) is 16.8. The molecule has 2 unspecified atom stereocenters. The van der Waals surface area contributed by atoms with Crippen molar-refractivity contribution in [2.45, 2.75) is 51.8 Å². The Morgan fingerprint density at radius 3 is 2.63 bits per heavy atom. The number of hydrogen-bond acceptors (Lipinski definition) is 4. The summed E-state index contributed by atoms with van der Waals surface area (Å²) in [5, 5.41) is 3.27. The van der Waals surface area contributed by atoms with E-state index >= 15 is 0 Å². The van der Waals surface area contributed by atoms with Gasteiger partial charge in [0.2, 0.25) is 0 Å². The summed E-state index contributed by atoms with van der Waals surface area (Å²) in [5.74, 6) is 0. The van der Waals surface area contributed by atoms with E-state index in [4.69, 9.17) is 4.74 Å². The second kappa shape index (κ2) is 7.54. The lowest BCUT2D eigenvalue weighted by molar-refractivity contribution is 0.116. The van der Waals surface area contributed by atoms with Crippen LogP contribution in [0, 0.1) is 0 Å². The first-order chi connectivity index (χ1) is 8.83. The Hall–Kier alpha value is -0.210. The summed E-state index contributed by atoms with van der Waals surface area (Å²) < 4.78 is 33.6. The maximum atomic E-state index is 12.1. The van der Waals surface area contributed by atoms with E-state index < -0.39 is 10.2 Å². The molecule has 0 radical (unpaired) electrons. The van der Waals surface area contributed by atoms with Crippen LogP contribution < -0.4 is 10.0 Å². The van der Waals surface area contributed by atoms with Crippen LogP contribution >= 0.6 is 0 Å². The van der Waals surface area contributed by atoms with Gasteiger partial charge < -0.3 is 10.1 Å². The minimum atomic E-state index is -3.40. The van der Waals surface area contributed by atoms with Gasteiger partial charge in [0.25, 0.3) is 10.2 Å². The molecular formula is C12H27N3O3S. The molecule has 0 bridgehead atoms. The van der Waals surface area contributed by atoms with Crippen LogP contribution in [0.4, 0.5) is 0 Å². The highest BCUT2D eigenvalue weighted by Gasteiger charge is 2.30. The molecule has 19 heavy (non-hydrogen) atoms. The van der Waals surface area contributed by atoms with Gasteiger partial charge in [-0.1, -0.05) is 13.8 Å². The van der Waals surface area contributed by atoms with E-state index in [0.717, 1.165) is 19.4 Å². The molecule has 0 aliphatic carbocycles. The molecule has 0 aromatic carbocycles. The number of hydrogen-bond donors (Lipinski definition) is 2. The zero-order valence-corrected chi connectivity index (χ0v) is 13.2. The fourth-order valence-electron chi connectivity index (χ4n) is 1.98. The summed E-state index contributed by atoms with van der Waals surface area (Å²) in [6, 6.07) is 0.317. The van der Waals surface area contributed by atoms with Crippen LogP contribution in [-0.2, 0) is 14.9 Å². The quantitative estimate of drug-likeness (QED) is 0.632. The van der Waals surface area contributed by atoms with Crippen molar-refractivity contribution in [2.75, 3.05) is 26.7 Å². The highest BCUT2D eigenvalue weighted by atomic mass is 32.2. The lowest BCUT2D eigenvalue weighted by Gasteiger charge is -2.22. The molecule has 0 aromatic heterocycles. The van der Waals surface area contributed by atoms with E-state index in [1.54, 1.807) is 7.05 Å². The smallest absolute Gasteiger partial charge is 0.279 e. The third kappa shape index (κ3) is 5.74. The van der Waals surface area contributed by atoms with Gasteiger partial charge in [-0.2, -0.15) is 17.4 Å². The largest absolute Gasteiger partial charge is 0.377 e. The standard InChI is InChI=1S/C12H27N3O3S/c1-10(2)13-7-5-8-15(4)19(16,17)14-12-6-9-18-11(12)3/h10-14H,5-9H2,1-4H3. The molecule has 1 heterocycles. The van der Waals surface area contributed by atoms with Crippen LogP contribution in [0.2, 0.25) is 0 Å². The maximum Gasteiger partial charge on any atom is 0.279 e. The molecule has 2 atom stereocenters. The van der Waals surface area contributed by atoms with E-state index in [1.165, 1.54) is 4.31 Å². The number of ether oxygens (including phenoxy) is 1. The fourth-order valence-corrected chi connectivity index (χ4v) is 3.22. The van der Waals surface area contributed by atoms with Crippen LogP contribution in [0.5, 0.6) is 0 Å². The average Bonchev–Trinajstić information content (AvgIpc) is 2.69. The molecule has 114 valence electrons. The summed E-state index contributed by atoms with van der Waals surface area (Å²) in [5.41, 5.74) is 0. The van der Waals surface area contributed by atoms with Crippen molar-refractivity contribution in [1.29, 1.82) is 0 Å². The van der Waals surface area contributed by atoms with Crippen molar-refractivity contribution < 1.29 is 13.2 Å². The van der Waals surface area contributed by atoms with Gasteiger partial charge in [-0.05, 0) is 26.3 Å². The third-order valence-electron chi connectivity index (χ3n) is 3.29. The van der Waals surface area contributed by atoms with Gasteiger partial charge in [0.05, 0.1) is 12.1 Å². The van der Waals surface area contributed by atoms with Gasteiger partial charge in [0, 0.05) is 26.2 Å². The summed E-state index contributed by atoms with van der Waals surface area (Å²) >= 11 is 0. The van der Waals surface area contributed by atoms with Crippen LogP contribution in [0.15, 0.2) is 0 Å². The first-order valence-electron chi connectivity index (χ1n) is 6.91. The van der Waals surface area contributed by atoms with Crippen LogP contribution in [0.3, 0.4) is 0 Å². The van der Waals surface area contributed by atoms with Crippen LogP contribution in [0.25, 0.3) is 0 Å². The van der Waals surface area contributed by atoms with Crippen LogP contribution in [0.1, 0.15) is 33.6 Å². The van der Waals surface area contributed by atoms with Crippen molar-refractivity contribution in [3.63, 3.8) is 0 Å². The fraction of sp³-hybridized carbons (Fsp3) is 1.00. The Kier molecular flexibility index (Phi) is 6.68. The van der Waals surface area contributed by atoms with Gasteiger partial charge in [-0.15, -0.1) is 0 Å². The van der Waals surface area contributed by atoms with Crippen molar-refractivity contribution >= 4 is 10.2 Å². The van der Waals surface area contributed by atoms with Gasteiger partial charge in [0.1, 0.15) is 0 Å². The average molecular weight is 293 g/mol. The predicted molar refractivity (Wildman–Crippen MR) is 76.3 cm³/mol. The number of nitrogens with zero attached hydrogens (tertiary/aromatic N) is 1. The van der Waals surface area contributed by atoms with Crippen molar-refractivity contribution in [2.24, 2.45) is 0 Å². The first-order valence-corrected chi connectivity index (χ1v) is 8.35. The van der Waals surface area contributed by atoms with E-state index in [9.17, 15) is 8.42 Å². The Bertz CT molecular complexity index is 359. The molecule has 1 fully saturated rings. The molecule has 7 heteroatoms.